The minimum atomic E-state index is -0.568. The highest BCUT2D eigenvalue weighted by molar-refractivity contribution is 5.91. The molecule has 0 bridgehead atoms. The first-order chi connectivity index (χ1) is 9.38. The van der Waals surface area contributed by atoms with Gasteiger partial charge in [-0.1, -0.05) is 9.79 Å². The van der Waals surface area contributed by atoms with Gasteiger partial charge in [-0.15, -0.1) is 12.4 Å². The lowest BCUT2D eigenvalue weighted by molar-refractivity contribution is -0.714. The fourth-order valence-electron chi connectivity index (χ4n) is 2.12. The summed E-state index contributed by atoms with van der Waals surface area (Å²) in [6.07, 6.45) is 0. The highest BCUT2D eigenvalue weighted by Gasteiger charge is 2.27. The normalized spacial score (nSPS) is 11.0. The number of amides is 1. The van der Waals surface area contributed by atoms with Crippen molar-refractivity contribution in [2.45, 2.75) is 46.4 Å². The Morgan fingerprint density at radius 1 is 1.38 bits per heavy atom. The van der Waals surface area contributed by atoms with Gasteiger partial charge in [-0.2, -0.15) is 0 Å². The number of carbonyl (C=O) groups is 1. The molecule has 1 heterocycles. The molecule has 1 aromatic heterocycles. The van der Waals surface area contributed by atoms with Gasteiger partial charge in [0.25, 0.3) is 0 Å². The maximum absolute atomic E-state index is 11.9. The van der Waals surface area contributed by atoms with E-state index in [2.05, 4.69) is 47.7 Å². The molecule has 122 valence electrons. The Hall–Kier alpha value is -1.38. The number of hydrogen-bond acceptors (Lipinski definition) is 5. The van der Waals surface area contributed by atoms with Crippen molar-refractivity contribution >= 4 is 18.3 Å². The molecule has 1 rings (SSSR count). The molecule has 0 saturated heterocycles. The van der Waals surface area contributed by atoms with Crippen LogP contribution in [0.4, 0.5) is 0 Å². The van der Waals surface area contributed by atoms with E-state index in [9.17, 15) is 9.70 Å². The number of halogens is 1. The zero-order valence-electron chi connectivity index (χ0n) is 12.8. The van der Waals surface area contributed by atoms with Crippen LogP contribution in [0.3, 0.4) is 0 Å². The number of aliphatic hydroxyl groups is 1. The first-order valence-electron chi connectivity index (χ1n) is 6.66. The van der Waals surface area contributed by atoms with Gasteiger partial charge in [0.1, 0.15) is 6.61 Å². The van der Waals surface area contributed by atoms with Gasteiger partial charge in [0.15, 0.2) is 4.60 Å². The molecule has 8 nitrogen and oxygen atoms in total. The monoisotopic (exact) mass is 323 g/mol. The van der Waals surface area contributed by atoms with E-state index in [-0.39, 0.29) is 28.4 Å². The van der Waals surface area contributed by atoms with E-state index in [1.165, 1.54) is 0 Å². The van der Waals surface area contributed by atoms with E-state index >= 15 is 0 Å². The molecule has 1 aromatic rings. The predicted molar refractivity (Wildman–Crippen MR) is 78.9 cm³/mol. The van der Waals surface area contributed by atoms with Crippen molar-refractivity contribution in [3.8, 4) is 0 Å². The zero-order valence-corrected chi connectivity index (χ0v) is 13.6. The Balaban J connectivity index is 0.00000400. The third-order valence-electron chi connectivity index (χ3n) is 3.08. The first-order valence-corrected chi connectivity index (χ1v) is 6.66. The van der Waals surface area contributed by atoms with Gasteiger partial charge in [0, 0.05) is 25.2 Å². The number of aliphatic hydroxyl groups excluding tert-OH is 1. The van der Waals surface area contributed by atoms with Crippen LogP contribution >= 0.6 is 12.4 Å². The topological polar surface area (TPSA) is 104 Å². The average Bonchev–Trinajstić information content (AvgIpc) is 2.74. The standard InChI is InChI=1S/C12H22N4O4.ClH/c1-8(2)15(9(3)4)6-5-13-12(18)11-10(7-17)14-20-16(11)19;/h8-9,17H,5-7H2,1-4H3,(H-,13,14,18,19);1H/p+1. The van der Waals surface area contributed by atoms with Crippen LogP contribution in [0.15, 0.2) is 4.63 Å². The Kier molecular flexibility index (Phi) is 8.23. The fraction of sp³-hybridized carbons (Fsp3) is 0.750. The molecule has 0 fully saturated rings. The molecule has 0 atom stereocenters. The summed E-state index contributed by atoms with van der Waals surface area (Å²) < 4.78 is 4.48. The van der Waals surface area contributed by atoms with Gasteiger partial charge in [-0.25, -0.2) is 0 Å². The summed E-state index contributed by atoms with van der Waals surface area (Å²) in [7, 11) is 0. The summed E-state index contributed by atoms with van der Waals surface area (Å²) in [4.78, 5) is 25.4. The molecule has 1 amide bonds. The fourth-order valence-corrected chi connectivity index (χ4v) is 2.12. The van der Waals surface area contributed by atoms with Crippen molar-refractivity contribution in [2.24, 2.45) is 0 Å². The molecule has 0 radical (unpaired) electrons. The van der Waals surface area contributed by atoms with Crippen LogP contribution < -0.4 is 9.92 Å². The van der Waals surface area contributed by atoms with E-state index in [1.54, 1.807) is 0 Å². The number of H-pyrrole nitrogens is 1. The van der Waals surface area contributed by atoms with E-state index < -0.39 is 12.5 Å². The molecule has 0 aliphatic rings. The molecule has 21 heavy (non-hydrogen) atoms. The second-order valence-electron chi connectivity index (χ2n) is 5.12. The Morgan fingerprint density at radius 2 is 1.95 bits per heavy atom. The van der Waals surface area contributed by atoms with Crippen molar-refractivity contribution in [2.75, 3.05) is 13.1 Å². The van der Waals surface area contributed by atoms with E-state index in [1.807, 2.05) is 0 Å². The van der Waals surface area contributed by atoms with Crippen LogP contribution in [0.5, 0.6) is 0 Å². The SMILES string of the molecule is CC(C)N(CCNC(=O)c1c(CO)[nH]o[n+]1=O)C(C)C.Cl. The minimum absolute atomic E-state index is 0. The van der Waals surface area contributed by atoms with Gasteiger partial charge >= 0.3 is 11.6 Å². The molecule has 0 aliphatic carbocycles. The third-order valence-corrected chi connectivity index (χ3v) is 3.08. The van der Waals surface area contributed by atoms with Crippen molar-refractivity contribution in [1.29, 1.82) is 0 Å². The summed E-state index contributed by atoms with van der Waals surface area (Å²) in [5.41, 5.74) is -0.185. The van der Waals surface area contributed by atoms with Crippen LogP contribution in [0, 0.1) is 4.91 Å². The zero-order chi connectivity index (χ0) is 15.3. The summed E-state index contributed by atoms with van der Waals surface area (Å²) in [5.74, 6) is -0.568. The molecule has 9 heteroatoms. The summed E-state index contributed by atoms with van der Waals surface area (Å²) in [5, 5.41) is 13.9. The Bertz CT molecular complexity index is 490. The third kappa shape index (κ3) is 5.14. The van der Waals surface area contributed by atoms with E-state index in [0.717, 1.165) is 0 Å². The van der Waals surface area contributed by atoms with Gasteiger partial charge < -0.3 is 10.4 Å². The van der Waals surface area contributed by atoms with Gasteiger partial charge in [0.05, 0.1) is 0 Å². The molecule has 0 aromatic carbocycles. The van der Waals surface area contributed by atoms with Crippen molar-refractivity contribution in [1.82, 2.24) is 15.4 Å². The number of nitrogens with one attached hydrogen (secondary N) is 2. The average molecular weight is 324 g/mol. The lowest BCUT2D eigenvalue weighted by Gasteiger charge is -2.30. The summed E-state index contributed by atoms with van der Waals surface area (Å²) >= 11 is 0. The Labute approximate surface area is 129 Å². The van der Waals surface area contributed by atoms with Crippen LogP contribution in [0.1, 0.15) is 43.9 Å². The smallest absolute Gasteiger partial charge is 0.334 e. The maximum atomic E-state index is 11.9. The van der Waals surface area contributed by atoms with Gasteiger partial charge in [0.2, 0.25) is 5.69 Å². The van der Waals surface area contributed by atoms with E-state index in [0.29, 0.717) is 25.2 Å². The van der Waals surface area contributed by atoms with Gasteiger partial charge in [-0.05, 0) is 32.6 Å². The lowest BCUT2D eigenvalue weighted by atomic mass is 10.2. The van der Waals surface area contributed by atoms with Crippen LogP contribution in [-0.2, 0) is 6.61 Å². The van der Waals surface area contributed by atoms with Crippen molar-refractivity contribution in [3.63, 3.8) is 0 Å². The van der Waals surface area contributed by atoms with Crippen LogP contribution in [0.25, 0.3) is 0 Å². The largest absolute Gasteiger partial charge is 0.388 e. The molecular weight excluding hydrogens is 300 g/mol. The number of rotatable bonds is 7. The number of carbonyl (C=O) groups excluding carboxylic acids is 1. The highest BCUT2D eigenvalue weighted by Crippen LogP contribution is 2.04. The molecule has 0 spiro atoms. The summed E-state index contributed by atoms with van der Waals surface area (Å²) in [6.45, 7) is 8.96. The van der Waals surface area contributed by atoms with Crippen LogP contribution in [-0.4, -0.2) is 46.2 Å². The second-order valence-corrected chi connectivity index (χ2v) is 5.12. The number of aromatic amines is 1. The predicted octanol–water partition coefficient (Wildman–Crippen LogP) is 0.285. The van der Waals surface area contributed by atoms with E-state index in [4.69, 9.17) is 5.11 Å². The number of hydrogen-bond donors (Lipinski definition) is 3. The lowest BCUT2D eigenvalue weighted by Crippen LogP contribution is -2.43. The first kappa shape index (κ1) is 19.6. The molecule has 0 saturated carbocycles. The van der Waals surface area contributed by atoms with Crippen molar-refractivity contribution in [3.05, 3.63) is 16.3 Å². The molecular formula is C12H24ClN4O4+. The number of aromatic nitrogens is 2. The van der Waals surface area contributed by atoms with Crippen LogP contribution in [0.2, 0.25) is 0 Å². The Morgan fingerprint density at radius 3 is 2.43 bits per heavy atom. The quantitative estimate of drug-likeness (QED) is 0.669. The molecule has 0 unspecified atom stereocenters. The highest BCUT2D eigenvalue weighted by atomic mass is 35.5. The molecule has 3 N–H and O–H groups in total. The van der Waals surface area contributed by atoms with Gasteiger partial charge in [-0.3, -0.25) is 9.69 Å². The molecule has 0 aliphatic heterocycles. The minimum Gasteiger partial charge on any atom is -0.388 e. The summed E-state index contributed by atoms with van der Waals surface area (Å²) in [6, 6.07) is 0.734. The number of nitrogens with zero attached hydrogens (tertiary/aromatic N) is 2. The second kappa shape index (κ2) is 8.81. The van der Waals surface area contributed by atoms with Crippen molar-refractivity contribution < 1.29 is 19.1 Å². The maximum Gasteiger partial charge on any atom is 0.334 e.